The Morgan fingerprint density at radius 1 is 1.11 bits per heavy atom. The van der Waals surface area contributed by atoms with Crippen molar-refractivity contribution in [2.75, 3.05) is 18.7 Å². The standard InChI is InChI=1S/C8H12N5O5P.H4O7P2/c9-8-11-6-5(7(14)12-8)10-3-13(6)1-2-18-4-19(15,16)17;1-8(2,3)7-9(4,5)6/h3H,1-2,4H2,(H2,15,16,17)(H3,9,11,12,14);(H2,1,2,3)(H2,4,5,6). The van der Waals surface area contributed by atoms with E-state index in [0.717, 1.165) is 0 Å². The van der Waals surface area contributed by atoms with Gasteiger partial charge in [0.1, 0.15) is 6.35 Å². The largest absolute Gasteiger partial charge is 0.478 e. The van der Waals surface area contributed by atoms with E-state index in [0.29, 0.717) is 5.65 Å². The van der Waals surface area contributed by atoms with Gasteiger partial charge in [-0.05, 0) is 0 Å². The average molecular weight is 467 g/mol. The van der Waals surface area contributed by atoms with Crippen LogP contribution in [-0.4, -0.2) is 61.8 Å². The first-order valence-corrected chi connectivity index (χ1v) is 11.6. The molecule has 2 aromatic heterocycles. The van der Waals surface area contributed by atoms with Crippen molar-refractivity contribution in [3.8, 4) is 0 Å². The molecule has 160 valence electrons. The zero-order valence-corrected chi connectivity index (χ0v) is 16.3. The first-order chi connectivity index (χ1) is 12.6. The summed E-state index contributed by atoms with van der Waals surface area (Å²) in [6, 6.07) is 0. The van der Waals surface area contributed by atoms with E-state index in [-0.39, 0.29) is 24.6 Å². The maximum absolute atomic E-state index is 11.5. The number of nitrogen functional groups attached to an aromatic ring is 1. The number of nitrogens with two attached hydrogens (primary N) is 1. The summed E-state index contributed by atoms with van der Waals surface area (Å²) in [6.07, 6.45) is 0.725. The van der Waals surface area contributed by atoms with Crippen LogP contribution in [0.4, 0.5) is 5.95 Å². The molecule has 0 unspecified atom stereocenters. The second kappa shape index (κ2) is 9.35. The second-order valence-electron chi connectivity index (χ2n) is 4.83. The minimum absolute atomic E-state index is 0.0321. The fraction of sp³-hybridized carbons (Fsp3) is 0.375. The third-order valence-corrected chi connectivity index (χ3v) is 4.66. The number of aromatic nitrogens is 4. The number of imidazole rings is 1. The van der Waals surface area contributed by atoms with Gasteiger partial charge in [0.05, 0.1) is 12.9 Å². The molecule has 20 heteroatoms. The molecule has 2 heterocycles. The molecular weight excluding hydrogens is 451 g/mol. The summed E-state index contributed by atoms with van der Waals surface area (Å²) >= 11 is 0. The highest BCUT2D eigenvalue weighted by Gasteiger charge is 2.27. The Hall–Kier alpha value is -1.48. The second-order valence-corrected chi connectivity index (χ2v) is 9.03. The topological polar surface area (TPSA) is 281 Å². The van der Waals surface area contributed by atoms with Crippen LogP contribution in [0.1, 0.15) is 0 Å². The lowest BCUT2D eigenvalue weighted by atomic mass is 10.5. The minimum atomic E-state index is -5.05. The van der Waals surface area contributed by atoms with E-state index in [1.807, 2.05) is 0 Å². The van der Waals surface area contributed by atoms with E-state index < -0.39 is 35.1 Å². The third kappa shape index (κ3) is 9.64. The van der Waals surface area contributed by atoms with Crippen LogP contribution in [0.5, 0.6) is 0 Å². The van der Waals surface area contributed by atoms with Crippen LogP contribution in [0, 0.1) is 0 Å². The van der Waals surface area contributed by atoms with Gasteiger partial charge < -0.3 is 44.4 Å². The van der Waals surface area contributed by atoms with Crippen molar-refractivity contribution in [1.82, 2.24) is 19.5 Å². The van der Waals surface area contributed by atoms with Crippen molar-refractivity contribution in [3.63, 3.8) is 0 Å². The zero-order chi connectivity index (χ0) is 21.8. The Bertz CT molecular complexity index is 980. The fourth-order valence-electron chi connectivity index (χ4n) is 1.62. The van der Waals surface area contributed by atoms with E-state index >= 15 is 0 Å². The summed E-state index contributed by atoms with van der Waals surface area (Å²) in [7, 11) is -14.3. The van der Waals surface area contributed by atoms with Crippen LogP contribution < -0.4 is 11.3 Å². The number of nitrogens with one attached hydrogen (secondary N) is 1. The Labute approximate surface area is 154 Å². The summed E-state index contributed by atoms with van der Waals surface area (Å²) in [5.41, 5.74) is 5.41. The minimum Gasteiger partial charge on any atom is -0.369 e. The summed E-state index contributed by atoms with van der Waals surface area (Å²) < 4.78 is 39.1. The lowest BCUT2D eigenvalue weighted by Gasteiger charge is -2.06. The normalized spacial score (nSPS) is 12.6. The molecule has 0 aliphatic heterocycles. The molecule has 0 radical (unpaired) electrons. The number of fused-ring (bicyclic) bond motifs is 1. The first-order valence-electron chi connectivity index (χ1n) is 6.73. The van der Waals surface area contributed by atoms with E-state index in [4.69, 9.17) is 39.8 Å². The number of phosphoric acid groups is 2. The molecule has 0 fully saturated rings. The molecule has 2 rings (SSSR count). The van der Waals surface area contributed by atoms with Crippen molar-refractivity contribution >= 4 is 40.4 Å². The number of aromatic amines is 1. The molecule has 0 spiro atoms. The van der Waals surface area contributed by atoms with Gasteiger partial charge in [0, 0.05) is 6.54 Å². The van der Waals surface area contributed by atoms with Crippen LogP contribution in [0.25, 0.3) is 11.2 Å². The average Bonchev–Trinajstić information content (AvgIpc) is 2.82. The van der Waals surface area contributed by atoms with Crippen LogP contribution >= 0.6 is 23.2 Å². The Morgan fingerprint density at radius 2 is 1.68 bits per heavy atom. The molecule has 0 aliphatic rings. The first kappa shape index (κ1) is 24.6. The van der Waals surface area contributed by atoms with E-state index in [1.54, 1.807) is 0 Å². The molecule has 0 saturated heterocycles. The van der Waals surface area contributed by atoms with Gasteiger partial charge in [0.25, 0.3) is 5.56 Å². The molecule has 0 saturated carbocycles. The van der Waals surface area contributed by atoms with E-state index in [2.05, 4.69) is 19.3 Å². The van der Waals surface area contributed by atoms with Crippen LogP contribution in [-0.2, 0) is 29.3 Å². The van der Waals surface area contributed by atoms with Crippen molar-refractivity contribution in [3.05, 3.63) is 16.7 Å². The van der Waals surface area contributed by atoms with Crippen LogP contribution in [0.2, 0.25) is 0 Å². The monoisotopic (exact) mass is 467 g/mol. The number of hydrogen-bond acceptors (Lipinski definition) is 9. The predicted octanol–water partition coefficient (Wildman–Crippen LogP) is -1.96. The Kier molecular flexibility index (Phi) is 8.20. The highest BCUT2D eigenvalue weighted by Crippen LogP contribution is 2.53. The molecule has 0 aromatic carbocycles. The summed E-state index contributed by atoms with van der Waals surface area (Å²) in [5, 5.41) is 0. The molecule has 2 aromatic rings. The number of hydrogen-bond donors (Lipinski definition) is 8. The molecule has 28 heavy (non-hydrogen) atoms. The van der Waals surface area contributed by atoms with Gasteiger partial charge in [0.15, 0.2) is 11.2 Å². The van der Waals surface area contributed by atoms with Gasteiger partial charge in [-0.25, -0.2) is 14.1 Å². The number of H-pyrrole nitrogens is 1. The summed E-state index contributed by atoms with van der Waals surface area (Å²) in [6.45, 7) is 0.289. The van der Waals surface area contributed by atoms with Gasteiger partial charge in [-0.3, -0.25) is 14.3 Å². The van der Waals surface area contributed by atoms with Crippen molar-refractivity contribution in [2.45, 2.75) is 6.54 Å². The maximum Gasteiger partial charge on any atom is 0.478 e. The van der Waals surface area contributed by atoms with Crippen molar-refractivity contribution < 1.29 is 52.1 Å². The van der Waals surface area contributed by atoms with E-state index in [9.17, 15) is 18.5 Å². The molecule has 0 atom stereocenters. The van der Waals surface area contributed by atoms with Gasteiger partial charge in [0.2, 0.25) is 5.95 Å². The zero-order valence-electron chi connectivity index (χ0n) is 13.6. The quantitative estimate of drug-likeness (QED) is 0.162. The van der Waals surface area contributed by atoms with Crippen LogP contribution in [0.3, 0.4) is 0 Å². The smallest absolute Gasteiger partial charge is 0.369 e. The molecule has 0 aliphatic carbocycles. The van der Waals surface area contributed by atoms with Crippen LogP contribution in [0.15, 0.2) is 11.1 Å². The summed E-state index contributed by atoms with van der Waals surface area (Å²) in [4.78, 5) is 69.8. The Morgan fingerprint density at radius 3 is 2.14 bits per heavy atom. The lowest BCUT2D eigenvalue weighted by Crippen LogP contribution is -2.13. The number of rotatable bonds is 7. The number of anilines is 1. The van der Waals surface area contributed by atoms with Gasteiger partial charge >= 0.3 is 23.2 Å². The van der Waals surface area contributed by atoms with Gasteiger partial charge in [-0.2, -0.15) is 9.29 Å². The molecular formula is C8H16N5O12P3. The number of ether oxygens (including phenoxy) is 1. The maximum atomic E-state index is 11.5. The third-order valence-electron chi connectivity index (χ3n) is 2.44. The Balaban J connectivity index is 0.000000370. The molecule has 0 bridgehead atoms. The van der Waals surface area contributed by atoms with E-state index in [1.165, 1.54) is 10.9 Å². The predicted molar refractivity (Wildman–Crippen MR) is 90.6 cm³/mol. The SMILES string of the molecule is Nc1nc2c(ncn2CCOCP(=O)(O)O)c(=O)[nH]1.O=P(O)(O)OP(=O)(O)O. The van der Waals surface area contributed by atoms with Crippen molar-refractivity contribution in [2.24, 2.45) is 0 Å². The summed E-state index contributed by atoms with van der Waals surface area (Å²) in [5.74, 6) is -0.0321. The molecule has 17 nitrogen and oxygen atoms in total. The molecule has 9 N–H and O–H groups in total. The van der Waals surface area contributed by atoms with Gasteiger partial charge in [-0.15, -0.1) is 0 Å². The fourth-order valence-corrected chi connectivity index (χ4v) is 3.09. The molecule has 0 amide bonds. The number of nitrogens with zero attached hydrogens (tertiary/aromatic N) is 3. The lowest BCUT2D eigenvalue weighted by molar-refractivity contribution is 0.149. The van der Waals surface area contributed by atoms with Gasteiger partial charge in [-0.1, -0.05) is 0 Å². The van der Waals surface area contributed by atoms with Crippen molar-refractivity contribution in [1.29, 1.82) is 0 Å². The highest BCUT2D eigenvalue weighted by molar-refractivity contribution is 7.60. The highest BCUT2D eigenvalue weighted by atomic mass is 31.3.